The van der Waals surface area contributed by atoms with E-state index < -0.39 is 44.7 Å². The number of sulfonamides is 1. The number of primary amides is 1. The molecule has 6 N–H and O–H groups in total. The Hall–Kier alpha value is -1.98. The average molecular weight is 278 g/mol. The van der Waals surface area contributed by atoms with Crippen molar-refractivity contribution in [2.75, 3.05) is 6.54 Å². The van der Waals surface area contributed by atoms with Crippen LogP contribution in [0.4, 0.5) is 0 Å². The first-order chi connectivity index (χ1) is 8.24. The van der Waals surface area contributed by atoms with Crippen LogP contribution in [-0.2, 0) is 14.8 Å². The second-order valence-electron chi connectivity index (χ2n) is 3.21. The number of hydrogen-bond donors (Lipinski definition) is 5. The summed E-state index contributed by atoms with van der Waals surface area (Å²) in [6.45, 7) is -0.684. The Morgan fingerprint density at radius 1 is 1.50 bits per heavy atom. The highest BCUT2D eigenvalue weighted by Crippen LogP contribution is 1.97. The Morgan fingerprint density at radius 3 is 2.61 bits per heavy atom. The van der Waals surface area contributed by atoms with E-state index in [4.69, 9.17) is 10.8 Å². The summed E-state index contributed by atoms with van der Waals surface area (Å²) in [5.74, 6) is -1.12. The maximum absolute atomic E-state index is 11.6. The topological polar surface area (TPSA) is 175 Å². The maximum Gasteiger partial charge on any atom is 0.325 e. The summed E-state index contributed by atoms with van der Waals surface area (Å²) in [5, 5.41) is 9.00. The predicted octanol–water partition coefficient (Wildman–Crippen LogP) is -3.81. The first-order valence-electron chi connectivity index (χ1n) is 4.53. The van der Waals surface area contributed by atoms with E-state index in [1.807, 2.05) is 4.98 Å². The van der Waals surface area contributed by atoms with Crippen LogP contribution in [0.25, 0.3) is 0 Å². The van der Waals surface area contributed by atoms with Gasteiger partial charge in [0.25, 0.3) is 5.56 Å². The van der Waals surface area contributed by atoms with Crippen molar-refractivity contribution in [3.8, 4) is 0 Å². The van der Waals surface area contributed by atoms with Crippen LogP contribution in [0.3, 0.4) is 0 Å². The SMILES string of the molecule is NC(=O)C(O)CNS(=O)(=O)c1c[nH]c(=O)[nH]c1=O. The number of nitrogens with two attached hydrogens (primary N) is 1. The van der Waals surface area contributed by atoms with Gasteiger partial charge in [-0.25, -0.2) is 17.9 Å². The number of aromatic amines is 2. The van der Waals surface area contributed by atoms with Crippen LogP contribution in [0.5, 0.6) is 0 Å². The molecule has 10 nitrogen and oxygen atoms in total. The van der Waals surface area contributed by atoms with Crippen LogP contribution >= 0.6 is 0 Å². The highest BCUT2D eigenvalue weighted by Gasteiger charge is 2.21. The molecular formula is C7H10N4O6S. The molecule has 1 unspecified atom stereocenters. The minimum atomic E-state index is -4.27. The minimum absolute atomic E-state index is 0.684. The number of aromatic nitrogens is 2. The van der Waals surface area contributed by atoms with Crippen molar-refractivity contribution in [3.63, 3.8) is 0 Å². The number of hydrogen-bond acceptors (Lipinski definition) is 6. The first kappa shape index (κ1) is 14.1. The Morgan fingerprint density at radius 2 is 2.11 bits per heavy atom. The molecule has 0 bridgehead atoms. The lowest BCUT2D eigenvalue weighted by Gasteiger charge is -2.08. The molecule has 1 heterocycles. The number of aliphatic hydroxyl groups is 1. The predicted molar refractivity (Wildman–Crippen MR) is 58.1 cm³/mol. The third-order valence-corrected chi connectivity index (χ3v) is 3.30. The van der Waals surface area contributed by atoms with Gasteiger partial charge >= 0.3 is 5.69 Å². The molecular weight excluding hydrogens is 268 g/mol. The molecule has 1 aromatic heterocycles. The lowest BCUT2D eigenvalue weighted by atomic mass is 10.3. The largest absolute Gasteiger partial charge is 0.382 e. The zero-order valence-electron chi connectivity index (χ0n) is 8.84. The minimum Gasteiger partial charge on any atom is -0.382 e. The molecule has 100 valence electrons. The van der Waals surface area contributed by atoms with Gasteiger partial charge < -0.3 is 15.8 Å². The summed E-state index contributed by atoms with van der Waals surface area (Å²) < 4.78 is 24.9. The van der Waals surface area contributed by atoms with E-state index in [0.29, 0.717) is 6.20 Å². The van der Waals surface area contributed by atoms with Gasteiger partial charge in [0.05, 0.1) is 0 Å². The normalized spacial score (nSPS) is 13.2. The third kappa shape index (κ3) is 3.26. The molecule has 18 heavy (non-hydrogen) atoms. The van der Waals surface area contributed by atoms with Crippen molar-refractivity contribution >= 4 is 15.9 Å². The van der Waals surface area contributed by atoms with Gasteiger partial charge in [0.2, 0.25) is 15.9 Å². The fraction of sp³-hybridized carbons (Fsp3) is 0.286. The van der Waals surface area contributed by atoms with Crippen molar-refractivity contribution in [2.45, 2.75) is 11.0 Å². The number of nitrogens with one attached hydrogen (secondary N) is 3. The Labute approximate surface area is 99.9 Å². The highest BCUT2D eigenvalue weighted by atomic mass is 32.2. The Kier molecular flexibility index (Phi) is 4.00. The molecule has 11 heteroatoms. The van der Waals surface area contributed by atoms with Gasteiger partial charge in [0.15, 0.2) is 4.90 Å². The van der Waals surface area contributed by atoms with Crippen LogP contribution in [-0.4, -0.2) is 42.0 Å². The Balaban J connectivity index is 2.97. The summed E-state index contributed by atoms with van der Waals surface area (Å²) >= 11 is 0. The summed E-state index contributed by atoms with van der Waals surface area (Å²) in [5.41, 5.74) is 2.72. The van der Waals surface area contributed by atoms with E-state index in [0.717, 1.165) is 0 Å². The highest BCUT2D eigenvalue weighted by molar-refractivity contribution is 7.89. The molecule has 0 saturated heterocycles. The van der Waals surface area contributed by atoms with Crippen LogP contribution in [0.15, 0.2) is 20.7 Å². The fourth-order valence-corrected chi connectivity index (χ4v) is 2.01. The maximum atomic E-state index is 11.6. The summed E-state index contributed by atoms with van der Waals surface area (Å²) in [7, 11) is -4.27. The number of amides is 1. The number of carbonyl (C=O) groups excluding carboxylic acids is 1. The van der Waals surface area contributed by atoms with Crippen molar-refractivity contribution in [1.29, 1.82) is 0 Å². The van der Waals surface area contributed by atoms with E-state index in [9.17, 15) is 22.8 Å². The molecule has 1 atom stereocenters. The van der Waals surface area contributed by atoms with Gasteiger partial charge in [-0.1, -0.05) is 0 Å². The van der Waals surface area contributed by atoms with E-state index >= 15 is 0 Å². The molecule has 0 aliphatic rings. The Bertz CT molecular complexity index is 659. The fourth-order valence-electron chi connectivity index (χ4n) is 0.964. The molecule has 0 spiro atoms. The second kappa shape index (κ2) is 5.12. The third-order valence-electron chi connectivity index (χ3n) is 1.87. The molecule has 0 aliphatic heterocycles. The molecule has 1 rings (SSSR count). The summed E-state index contributed by atoms with van der Waals surface area (Å²) in [4.78, 5) is 35.3. The van der Waals surface area contributed by atoms with Gasteiger partial charge in [0, 0.05) is 12.7 Å². The van der Waals surface area contributed by atoms with Crippen LogP contribution < -0.4 is 21.7 Å². The molecule has 1 amide bonds. The standard InChI is InChI=1S/C7H10N4O6S/c8-5(13)3(12)1-10-18(16,17)4-2-9-7(15)11-6(4)14/h2-3,10,12H,1H2,(H2,8,13)(H2,9,11,14,15). The number of H-pyrrole nitrogens is 2. The molecule has 0 aliphatic carbocycles. The second-order valence-corrected chi connectivity index (χ2v) is 4.94. The van der Waals surface area contributed by atoms with Gasteiger partial charge in [-0.15, -0.1) is 0 Å². The summed E-state index contributed by atoms with van der Waals surface area (Å²) in [6.07, 6.45) is -1.03. The average Bonchev–Trinajstić information content (AvgIpc) is 2.25. The monoisotopic (exact) mass is 278 g/mol. The van der Waals surface area contributed by atoms with E-state index in [1.54, 1.807) is 9.71 Å². The van der Waals surface area contributed by atoms with Gasteiger partial charge in [-0.3, -0.25) is 14.6 Å². The smallest absolute Gasteiger partial charge is 0.325 e. The van der Waals surface area contributed by atoms with Gasteiger partial charge in [-0.05, 0) is 0 Å². The zero-order valence-corrected chi connectivity index (χ0v) is 9.65. The van der Waals surface area contributed by atoms with Crippen molar-refractivity contribution in [2.24, 2.45) is 5.73 Å². The van der Waals surface area contributed by atoms with E-state index in [1.165, 1.54) is 0 Å². The molecule has 0 radical (unpaired) electrons. The van der Waals surface area contributed by atoms with Crippen LogP contribution in [0, 0.1) is 0 Å². The van der Waals surface area contributed by atoms with Gasteiger partial charge in [-0.2, -0.15) is 0 Å². The molecule has 1 aromatic rings. The van der Waals surface area contributed by atoms with E-state index in [2.05, 4.69) is 0 Å². The molecule has 0 fully saturated rings. The zero-order chi connectivity index (χ0) is 13.9. The quantitative estimate of drug-likeness (QED) is 0.368. The van der Waals surface area contributed by atoms with Crippen LogP contribution in [0.2, 0.25) is 0 Å². The summed E-state index contributed by atoms with van der Waals surface area (Å²) in [6, 6.07) is 0. The van der Waals surface area contributed by atoms with Gasteiger partial charge in [0.1, 0.15) is 6.10 Å². The lowest BCUT2D eigenvalue weighted by molar-refractivity contribution is -0.125. The lowest BCUT2D eigenvalue weighted by Crippen LogP contribution is -2.41. The first-order valence-corrected chi connectivity index (χ1v) is 6.01. The molecule has 0 saturated carbocycles. The van der Waals surface area contributed by atoms with Crippen molar-refractivity contribution < 1.29 is 18.3 Å². The number of carbonyl (C=O) groups is 1. The van der Waals surface area contributed by atoms with E-state index in [-0.39, 0.29) is 0 Å². The number of aliphatic hydroxyl groups excluding tert-OH is 1. The van der Waals surface area contributed by atoms with Crippen molar-refractivity contribution in [1.82, 2.24) is 14.7 Å². The number of rotatable bonds is 5. The molecule has 0 aromatic carbocycles. The van der Waals surface area contributed by atoms with Crippen LogP contribution in [0.1, 0.15) is 0 Å². The van der Waals surface area contributed by atoms with Crippen molar-refractivity contribution in [3.05, 3.63) is 27.0 Å².